The Bertz CT molecular complexity index is 784. The Morgan fingerprint density at radius 1 is 1.41 bits per heavy atom. The van der Waals surface area contributed by atoms with E-state index in [-0.39, 0.29) is 12.0 Å². The first-order valence-electron chi connectivity index (χ1n) is 6.77. The number of sulfonamides is 1. The molecule has 0 radical (unpaired) electrons. The number of carbonyl (C=O) groups is 1. The Labute approximate surface area is 127 Å². The van der Waals surface area contributed by atoms with Gasteiger partial charge < -0.3 is 9.52 Å². The Morgan fingerprint density at radius 3 is 2.77 bits per heavy atom. The monoisotopic (exact) mass is 329 g/mol. The maximum Gasteiger partial charge on any atom is 0.321 e. The lowest BCUT2D eigenvalue weighted by atomic mass is 10.1. The summed E-state index contributed by atoms with van der Waals surface area (Å²) in [5.74, 6) is -1.77. The van der Waals surface area contributed by atoms with E-state index in [2.05, 4.69) is 4.72 Å². The van der Waals surface area contributed by atoms with Gasteiger partial charge in [-0.15, -0.1) is 0 Å². The highest BCUT2D eigenvalue weighted by molar-refractivity contribution is 7.89. The fraction of sp³-hybridized carbons (Fsp3) is 0.357. The van der Waals surface area contributed by atoms with Crippen LogP contribution in [-0.4, -0.2) is 25.5 Å². The minimum atomic E-state index is -4.13. The quantitative estimate of drug-likeness (QED) is 0.813. The molecule has 8 heteroatoms. The first kappa shape index (κ1) is 16.4. The number of carboxylic acid groups (broad SMARTS) is 1. The SMILES string of the molecule is CCCC[C@H](NS(=O)(=O)c1cc2cc(F)ccc2o1)C(=O)O. The van der Waals surface area contributed by atoms with E-state index in [4.69, 9.17) is 9.52 Å². The van der Waals surface area contributed by atoms with Gasteiger partial charge >= 0.3 is 5.97 Å². The number of fused-ring (bicyclic) bond motifs is 1. The smallest absolute Gasteiger partial charge is 0.321 e. The molecule has 2 rings (SSSR count). The van der Waals surface area contributed by atoms with Gasteiger partial charge in [-0.2, -0.15) is 4.72 Å². The van der Waals surface area contributed by atoms with Crippen molar-refractivity contribution < 1.29 is 27.1 Å². The van der Waals surface area contributed by atoms with E-state index in [1.165, 1.54) is 12.1 Å². The number of halogens is 1. The topological polar surface area (TPSA) is 96.6 Å². The number of carboxylic acids is 1. The van der Waals surface area contributed by atoms with Gasteiger partial charge in [0.1, 0.15) is 17.4 Å². The number of hydrogen-bond donors (Lipinski definition) is 2. The number of nitrogens with one attached hydrogen (secondary N) is 1. The van der Waals surface area contributed by atoms with Crippen molar-refractivity contribution in [1.82, 2.24) is 4.72 Å². The molecule has 2 N–H and O–H groups in total. The molecule has 0 spiro atoms. The van der Waals surface area contributed by atoms with Crippen molar-refractivity contribution in [3.63, 3.8) is 0 Å². The largest absolute Gasteiger partial charge is 0.480 e. The first-order valence-corrected chi connectivity index (χ1v) is 8.26. The van der Waals surface area contributed by atoms with Gasteiger partial charge in [-0.25, -0.2) is 12.8 Å². The van der Waals surface area contributed by atoms with Gasteiger partial charge in [0.05, 0.1) is 0 Å². The molecule has 0 aliphatic heterocycles. The highest BCUT2D eigenvalue weighted by Gasteiger charge is 2.27. The third kappa shape index (κ3) is 3.63. The van der Waals surface area contributed by atoms with Crippen LogP contribution in [0.25, 0.3) is 11.0 Å². The molecule has 0 bridgehead atoms. The molecule has 1 aromatic carbocycles. The maximum absolute atomic E-state index is 13.1. The molecule has 0 saturated heterocycles. The van der Waals surface area contributed by atoms with Crippen LogP contribution in [0.5, 0.6) is 0 Å². The van der Waals surface area contributed by atoms with Crippen LogP contribution in [0.3, 0.4) is 0 Å². The van der Waals surface area contributed by atoms with E-state index in [1.807, 2.05) is 6.92 Å². The molecule has 0 saturated carbocycles. The van der Waals surface area contributed by atoms with Crippen LogP contribution in [0.2, 0.25) is 0 Å². The molecule has 0 amide bonds. The van der Waals surface area contributed by atoms with Crippen LogP contribution >= 0.6 is 0 Å². The maximum atomic E-state index is 13.1. The fourth-order valence-electron chi connectivity index (χ4n) is 2.01. The second-order valence-electron chi connectivity index (χ2n) is 4.90. The molecule has 0 aliphatic rings. The van der Waals surface area contributed by atoms with Gasteiger partial charge in [-0.1, -0.05) is 19.8 Å². The van der Waals surface area contributed by atoms with Gasteiger partial charge in [-0.05, 0) is 24.6 Å². The molecular weight excluding hydrogens is 313 g/mol. The van der Waals surface area contributed by atoms with Gasteiger partial charge in [0.2, 0.25) is 5.09 Å². The molecule has 2 aromatic rings. The molecule has 0 unspecified atom stereocenters. The summed E-state index contributed by atoms with van der Waals surface area (Å²) in [6, 6.07) is 3.55. The summed E-state index contributed by atoms with van der Waals surface area (Å²) in [7, 11) is -4.13. The zero-order valence-electron chi connectivity index (χ0n) is 11.9. The summed E-state index contributed by atoms with van der Waals surface area (Å²) in [6.07, 6.45) is 1.50. The van der Waals surface area contributed by atoms with Crippen LogP contribution in [0.4, 0.5) is 4.39 Å². The minimum absolute atomic E-state index is 0.180. The van der Waals surface area contributed by atoms with E-state index >= 15 is 0 Å². The van der Waals surface area contributed by atoms with Gasteiger partial charge in [0.15, 0.2) is 0 Å². The predicted molar refractivity (Wildman–Crippen MR) is 77.4 cm³/mol. The summed E-state index contributed by atoms with van der Waals surface area (Å²) in [5, 5.41) is 8.94. The summed E-state index contributed by atoms with van der Waals surface area (Å²) in [5.41, 5.74) is 0.210. The molecule has 1 aromatic heterocycles. The van der Waals surface area contributed by atoms with Crippen molar-refractivity contribution in [3.8, 4) is 0 Å². The van der Waals surface area contributed by atoms with Crippen LogP contribution in [0.1, 0.15) is 26.2 Å². The minimum Gasteiger partial charge on any atom is -0.480 e. The van der Waals surface area contributed by atoms with Gasteiger partial charge in [-0.3, -0.25) is 4.79 Å². The summed E-state index contributed by atoms with van der Waals surface area (Å²) >= 11 is 0. The lowest BCUT2D eigenvalue weighted by Gasteiger charge is -2.12. The zero-order chi connectivity index (χ0) is 16.3. The molecule has 22 heavy (non-hydrogen) atoms. The third-order valence-corrected chi connectivity index (χ3v) is 4.49. The Kier molecular flexibility index (Phi) is 4.82. The normalized spacial score (nSPS) is 13.4. The number of unbranched alkanes of at least 4 members (excludes halogenated alkanes) is 1. The van der Waals surface area contributed by atoms with E-state index < -0.39 is 32.9 Å². The molecule has 1 heterocycles. The number of furan rings is 1. The van der Waals surface area contributed by atoms with Crippen LogP contribution in [0, 0.1) is 5.82 Å². The van der Waals surface area contributed by atoms with E-state index in [1.54, 1.807) is 0 Å². The molecule has 0 fully saturated rings. The summed E-state index contributed by atoms with van der Waals surface area (Å²) < 4.78 is 44.8. The number of rotatable bonds is 7. The molecular formula is C14H16FNO5S. The standard InChI is InChI=1S/C14H16FNO5S/c1-2-3-4-11(14(17)18)16-22(19,20)13-8-9-7-10(15)5-6-12(9)21-13/h5-8,11,16H,2-4H2,1H3,(H,17,18)/t11-/m0/s1. The summed E-state index contributed by atoms with van der Waals surface area (Å²) in [6.45, 7) is 1.88. The van der Waals surface area contributed by atoms with Crippen LogP contribution < -0.4 is 4.72 Å². The van der Waals surface area contributed by atoms with E-state index in [0.717, 1.165) is 18.6 Å². The van der Waals surface area contributed by atoms with Crippen molar-refractivity contribution in [2.75, 3.05) is 0 Å². The Morgan fingerprint density at radius 2 is 2.14 bits per heavy atom. The second kappa shape index (κ2) is 6.45. The zero-order valence-corrected chi connectivity index (χ0v) is 12.7. The second-order valence-corrected chi connectivity index (χ2v) is 6.55. The van der Waals surface area contributed by atoms with Gasteiger partial charge in [0, 0.05) is 11.5 Å². The predicted octanol–water partition coefficient (Wildman–Crippen LogP) is 2.49. The van der Waals surface area contributed by atoms with Crippen molar-refractivity contribution in [2.45, 2.75) is 37.3 Å². The van der Waals surface area contributed by atoms with Crippen molar-refractivity contribution in [1.29, 1.82) is 0 Å². The van der Waals surface area contributed by atoms with Gasteiger partial charge in [0.25, 0.3) is 10.0 Å². The average Bonchev–Trinajstić information content (AvgIpc) is 2.87. The molecule has 0 aliphatic carbocycles. The highest BCUT2D eigenvalue weighted by Crippen LogP contribution is 2.23. The average molecular weight is 329 g/mol. The first-order chi connectivity index (χ1) is 10.3. The molecule has 6 nitrogen and oxygen atoms in total. The number of benzene rings is 1. The van der Waals surface area contributed by atoms with E-state index in [0.29, 0.717) is 11.8 Å². The van der Waals surface area contributed by atoms with Crippen molar-refractivity contribution in [3.05, 3.63) is 30.1 Å². The van der Waals surface area contributed by atoms with E-state index in [9.17, 15) is 17.6 Å². The third-order valence-electron chi connectivity index (χ3n) is 3.16. The number of hydrogen-bond acceptors (Lipinski definition) is 4. The van der Waals surface area contributed by atoms with Crippen molar-refractivity contribution in [2.24, 2.45) is 0 Å². The highest BCUT2D eigenvalue weighted by atomic mass is 32.2. The number of aliphatic carboxylic acids is 1. The Balaban J connectivity index is 2.29. The Hall–Kier alpha value is -1.93. The summed E-state index contributed by atoms with van der Waals surface area (Å²) in [4.78, 5) is 11.1. The lowest BCUT2D eigenvalue weighted by molar-refractivity contribution is -0.139. The molecule has 120 valence electrons. The van der Waals surface area contributed by atoms with Crippen LogP contribution in [-0.2, 0) is 14.8 Å². The fourth-order valence-corrected chi connectivity index (χ4v) is 3.20. The lowest BCUT2D eigenvalue weighted by Crippen LogP contribution is -2.40. The van der Waals surface area contributed by atoms with Crippen LogP contribution in [0.15, 0.2) is 33.8 Å². The van der Waals surface area contributed by atoms with Crippen molar-refractivity contribution >= 4 is 27.0 Å². The molecule has 1 atom stereocenters.